The van der Waals surface area contributed by atoms with Gasteiger partial charge in [0.1, 0.15) is 5.88 Å². The first kappa shape index (κ1) is 11.0. The molecule has 0 aliphatic heterocycles. The standard InChI is InChI=1S/C6H6.C3H5ClO2/c1-2-4-6-5-3-1;1-6-3(5)2-4/h1-6H;2H2,1H3. The zero-order valence-electron chi connectivity index (χ0n) is 6.87. The highest BCUT2D eigenvalue weighted by Crippen LogP contribution is 1.79. The number of esters is 1. The Kier molecular flexibility index (Phi) is 7.39. The Hall–Kier alpha value is -1.02. The number of benzene rings is 1. The summed E-state index contributed by atoms with van der Waals surface area (Å²) in [5.74, 6) is -0.451. The molecule has 1 aromatic carbocycles. The number of hydrogen-bond donors (Lipinski definition) is 0. The monoisotopic (exact) mass is 186 g/mol. The van der Waals surface area contributed by atoms with E-state index in [4.69, 9.17) is 11.6 Å². The van der Waals surface area contributed by atoms with Crippen molar-refractivity contribution in [3.05, 3.63) is 36.4 Å². The van der Waals surface area contributed by atoms with Crippen molar-refractivity contribution in [3.63, 3.8) is 0 Å². The number of methoxy groups -OCH3 is 1. The number of ether oxygens (including phenoxy) is 1. The summed E-state index contributed by atoms with van der Waals surface area (Å²) in [5.41, 5.74) is 0. The van der Waals surface area contributed by atoms with Crippen molar-refractivity contribution in [1.82, 2.24) is 0 Å². The van der Waals surface area contributed by atoms with Crippen molar-refractivity contribution in [1.29, 1.82) is 0 Å². The predicted molar refractivity (Wildman–Crippen MR) is 49.2 cm³/mol. The highest BCUT2D eigenvalue weighted by molar-refractivity contribution is 6.26. The summed E-state index contributed by atoms with van der Waals surface area (Å²) in [5, 5.41) is 0. The van der Waals surface area contributed by atoms with Crippen molar-refractivity contribution >= 4 is 17.6 Å². The first-order valence-corrected chi connectivity index (χ1v) is 3.97. The van der Waals surface area contributed by atoms with Crippen LogP contribution in [0.4, 0.5) is 0 Å². The van der Waals surface area contributed by atoms with Gasteiger partial charge in [-0.2, -0.15) is 0 Å². The number of carbonyl (C=O) groups is 1. The fraction of sp³-hybridized carbons (Fsp3) is 0.222. The molecule has 2 nitrogen and oxygen atoms in total. The molecule has 0 bridgehead atoms. The van der Waals surface area contributed by atoms with E-state index >= 15 is 0 Å². The van der Waals surface area contributed by atoms with Gasteiger partial charge in [0.05, 0.1) is 7.11 Å². The molecule has 66 valence electrons. The van der Waals surface area contributed by atoms with E-state index in [2.05, 4.69) is 4.74 Å². The van der Waals surface area contributed by atoms with Gasteiger partial charge in [-0.05, 0) is 0 Å². The van der Waals surface area contributed by atoms with Crippen LogP contribution in [-0.2, 0) is 9.53 Å². The number of hydrogen-bond acceptors (Lipinski definition) is 2. The van der Waals surface area contributed by atoms with E-state index < -0.39 is 5.97 Å². The molecule has 0 spiro atoms. The number of alkyl halides is 1. The first-order chi connectivity index (χ1) is 5.81. The van der Waals surface area contributed by atoms with Crippen LogP contribution < -0.4 is 0 Å². The van der Waals surface area contributed by atoms with Gasteiger partial charge in [-0.25, -0.2) is 0 Å². The van der Waals surface area contributed by atoms with Gasteiger partial charge in [-0.3, -0.25) is 4.79 Å². The molecule has 0 saturated heterocycles. The van der Waals surface area contributed by atoms with E-state index in [-0.39, 0.29) is 5.88 Å². The normalized spacial score (nSPS) is 7.83. The van der Waals surface area contributed by atoms with Crippen LogP contribution >= 0.6 is 11.6 Å². The zero-order valence-corrected chi connectivity index (χ0v) is 7.62. The molecule has 0 heterocycles. The lowest BCUT2D eigenvalue weighted by Crippen LogP contribution is -1.99. The summed E-state index contributed by atoms with van der Waals surface area (Å²) in [6.45, 7) is 0. The minimum atomic E-state index is -0.392. The van der Waals surface area contributed by atoms with Crippen LogP contribution in [0.5, 0.6) is 0 Å². The molecule has 0 aliphatic rings. The molecule has 0 amide bonds. The van der Waals surface area contributed by atoms with E-state index in [1.165, 1.54) is 7.11 Å². The molecule has 0 N–H and O–H groups in total. The maximum Gasteiger partial charge on any atom is 0.320 e. The largest absolute Gasteiger partial charge is 0.468 e. The van der Waals surface area contributed by atoms with Gasteiger partial charge >= 0.3 is 5.97 Å². The number of carbonyl (C=O) groups excluding carboxylic acids is 1. The molecule has 0 aromatic heterocycles. The first-order valence-electron chi connectivity index (χ1n) is 3.44. The van der Waals surface area contributed by atoms with Crippen molar-refractivity contribution in [2.24, 2.45) is 0 Å². The minimum Gasteiger partial charge on any atom is -0.468 e. The number of rotatable bonds is 1. The fourth-order valence-electron chi connectivity index (χ4n) is 0.439. The van der Waals surface area contributed by atoms with Crippen LogP contribution in [0.3, 0.4) is 0 Å². The Labute approximate surface area is 77.1 Å². The van der Waals surface area contributed by atoms with Crippen molar-refractivity contribution < 1.29 is 9.53 Å². The van der Waals surface area contributed by atoms with Crippen LogP contribution in [-0.4, -0.2) is 19.0 Å². The van der Waals surface area contributed by atoms with Crippen molar-refractivity contribution in [2.75, 3.05) is 13.0 Å². The smallest absolute Gasteiger partial charge is 0.320 e. The summed E-state index contributed by atoms with van der Waals surface area (Å²) in [6, 6.07) is 12.0. The quantitative estimate of drug-likeness (QED) is 0.496. The Bertz CT molecular complexity index is 166. The highest BCUT2D eigenvalue weighted by atomic mass is 35.5. The van der Waals surface area contributed by atoms with E-state index in [1.54, 1.807) is 0 Å². The van der Waals surface area contributed by atoms with E-state index in [0.717, 1.165) is 0 Å². The molecule has 12 heavy (non-hydrogen) atoms. The molecular weight excluding hydrogens is 176 g/mol. The average Bonchev–Trinajstić information content (AvgIpc) is 2.20. The second-order valence-electron chi connectivity index (χ2n) is 1.86. The molecule has 0 saturated carbocycles. The van der Waals surface area contributed by atoms with Gasteiger partial charge in [-0.1, -0.05) is 36.4 Å². The Morgan fingerprint density at radius 2 is 1.50 bits per heavy atom. The maximum atomic E-state index is 9.83. The highest BCUT2D eigenvalue weighted by Gasteiger charge is 1.89. The third-order valence-corrected chi connectivity index (χ3v) is 1.22. The molecule has 0 fully saturated rings. The van der Waals surface area contributed by atoms with Gasteiger partial charge in [0.2, 0.25) is 0 Å². The topological polar surface area (TPSA) is 26.3 Å². The summed E-state index contributed by atoms with van der Waals surface area (Å²) in [4.78, 5) is 9.83. The van der Waals surface area contributed by atoms with E-state index in [9.17, 15) is 4.79 Å². The Balaban J connectivity index is 0.000000202. The lowest BCUT2D eigenvalue weighted by atomic mass is 10.4. The third kappa shape index (κ3) is 7.09. The molecule has 1 rings (SSSR count). The van der Waals surface area contributed by atoms with Gasteiger partial charge < -0.3 is 4.74 Å². The van der Waals surface area contributed by atoms with Crippen molar-refractivity contribution in [3.8, 4) is 0 Å². The summed E-state index contributed by atoms with van der Waals surface area (Å²) >= 11 is 4.98. The predicted octanol–water partition coefficient (Wildman–Crippen LogP) is 2.08. The molecule has 0 unspecified atom stereocenters. The molecule has 3 heteroatoms. The van der Waals surface area contributed by atoms with Crippen LogP contribution in [0.15, 0.2) is 36.4 Å². The van der Waals surface area contributed by atoms with Crippen molar-refractivity contribution in [2.45, 2.75) is 0 Å². The lowest BCUT2D eigenvalue weighted by molar-refractivity contribution is -0.137. The molecular formula is C9H11ClO2. The summed E-state index contributed by atoms with van der Waals surface area (Å²) < 4.78 is 4.13. The van der Waals surface area contributed by atoms with Crippen LogP contribution in [0.2, 0.25) is 0 Å². The van der Waals surface area contributed by atoms with Crippen LogP contribution in [0, 0.1) is 0 Å². The minimum absolute atomic E-state index is 0.0590. The fourth-order valence-corrected chi connectivity index (χ4v) is 0.549. The molecule has 1 aromatic rings. The van der Waals surface area contributed by atoms with Crippen LogP contribution in [0.25, 0.3) is 0 Å². The average molecular weight is 187 g/mol. The Morgan fingerprint density at radius 1 is 1.17 bits per heavy atom. The molecule has 0 radical (unpaired) electrons. The SMILES string of the molecule is COC(=O)CCl.c1ccccc1. The summed E-state index contributed by atoms with van der Waals surface area (Å²) in [7, 11) is 1.30. The Morgan fingerprint density at radius 3 is 1.58 bits per heavy atom. The van der Waals surface area contributed by atoms with E-state index in [0.29, 0.717) is 0 Å². The summed E-state index contributed by atoms with van der Waals surface area (Å²) in [6.07, 6.45) is 0. The van der Waals surface area contributed by atoms with Gasteiger partial charge in [-0.15, -0.1) is 11.6 Å². The second kappa shape index (κ2) is 8.08. The zero-order chi connectivity index (χ0) is 9.23. The van der Waals surface area contributed by atoms with E-state index in [1.807, 2.05) is 36.4 Å². The third-order valence-electron chi connectivity index (χ3n) is 1.00. The number of halogens is 1. The van der Waals surface area contributed by atoms with Gasteiger partial charge in [0.15, 0.2) is 0 Å². The lowest BCUT2D eigenvalue weighted by Gasteiger charge is -1.85. The molecule has 0 atom stereocenters. The van der Waals surface area contributed by atoms with Gasteiger partial charge in [0.25, 0.3) is 0 Å². The van der Waals surface area contributed by atoms with Gasteiger partial charge in [0, 0.05) is 0 Å². The van der Waals surface area contributed by atoms with Crippen LogP contribution in [0.1, 0.15) is 0 Å². The maximum absolute atomic E-state index is 9.83. The second-order valence-corrected chi connectivity index (χ2v) is 2.13. The molecule has 0 aliphatic carbocycles.